The van der Waals surface area contributed by atoms with Gasteiger partial charge >= 0.3 is 5.97 Å². The van der Waals surface area contributed by atoms with Crippen molar-refractivity contribution in [1.29, 1.82) is 0 Å². The van der Waals surface area contributed by atoms with Crippen LogP contribution < -0.4 is 10.6 Å². The average Bonchev–Trinajstić information content (AvgIpc) is 2.72. The van der Waals surface area contributed by atoms with Crippen LogP contribution in [0.4, 0.5) is 11.4 Å². The monoisotopic (exact) mass is 401 g/mol. The molecule has 0 aromatic heterocycles. The molecule has 10 nitrogen and oxygen atoms in total. The number of carbonyl (C=O) groups excluding carboxylic acids is 3. The first-order chi connectivity index (χ1) is 13.9. The quantitative estimate of drug-likeness (QED) is 0.281. The van der Waals surface area contributed by atoms with Gasteiger partial charge in [0.2, 0.25) is 0 Å². The Labute approximate surface area is 166 Å². The van der Waals surface area contributed by atoms with E-state index >= 15 is 0 Å². The first kappa shape index (κ1) is 21.5. The second-order valence-electron chi connectivity index (χ2n) is 5.73. The summed E-state index contributed by atoms with van der Waals surface area (Å²) in [6.45, 7) is -0.0203. The number of amides is 2. The number of rotatable bonds is 9. The van der Waals surface area contributed by atoms with Gasteiger partial charge in [-0.2, -0.15) is 0 Å². The number of methoxy groups -OCH3 is 1. The molecule has 0 aliphatic carbocycles. The normalized spacial score (nSPS) is 10.1. The standard InChI is InChI=1S/C19H19N3O7/c1-28-10-9-20-15-8-7-14(11-16(15)22(26)27)19(25)29-12-17(23)21-18(24)13-5-3-2-4-6-13/h2-8,11,20H,9-10,12H2,1H3,(H,21,23,24). The predicted octanol–water partition coefficient (Wildman–Crippen LogP) is 1.77. The highest BCUT2D eigenvalue weighted by Gasteiger charge is 2.19. The number of hydrogen-bond donors (Lipinski definition) is 2. The molecule has 0 bridgehead atoms. The molecule has 0 radical (unpaired) electrons. The zero-order valence-corrected chi connectivity index (χ0v) is 15.5. The number of nitrogens with zero attached hydrogens (tertiary/aromatic N) is 1. The Morgan fingerprint density at radius 3 is 2.45 bits per heavy atom. The fraction of sp³-hybridized carbons (Fsp3) is 0.211. The smallest absolute Gasteiger partial charge is 0.338 e. The Morgan fingerprint density at radius 1 is 1.07 bits per heavy atom. The number of nitro benzene ring substituents is 1. The molecule has 0 spiro atoms. The van der Waals surface area contributed by atoms with Crippen LogP contribution in [0.5, 0.6) is 0 Å². The molecule has 2 N–H and O–H groups in total. The van der Waals surface area contributed by atoms with Gasteiger partial charge in [-0.1, -0.05) is 18.2 Å². The molecule has 2 aromatic rings. The Hall–Kier alpha value is -3.79. The van der Waals surface area contributed by atoms with E-state index in [2.05, 4.69) is 10.6 Å². The van der Waals surface area contributed by atoms with E-state index in [1.54, 1.807) is 18.2 Å². The van der Waals surface area contributed by atoms with Crippen molar-refractivity contribution in [3.63, 3.8) is 0 Å². The minimum absolute atomic E-state index is 0.101. The molecule has 2 aromatic carbocycles. The molecule has 152 valence electrons. The van der Waals surface area contributed by atoms with Crippen LogP contribution in [0.2, 0.25) is 0 Å². The van der Waals surface area contributed by atoms with Crippen molar-refractivity contribution >= 4 is 29.2 Å². The summed E-state index contributed by atoms with van der Waals surface area (Å²) in [5, 5.41) is 16.1. The van der Waals surface area contributed by atoms with Crippen LogP contribution in [0.1, 0.15) is 20.7 Å². The Kier molecular flexibility index (Phi) is 7.80. The Morgan fingerprint density at radius 2 is 1.79 bits per heavy atom. The van der Waals surface area contributed by atoms with E-state index in [4.69, 9.17) is 9.47 Å². The highest BCUT2D eigenvalue weighted by Crippen LogP contribution is 2.25. The molecule has 0 fully saturated rings. The van der Waals surface area contributed by atoms with Crippen LogP contribution in [0, 0.1) is 10.1 Å². The number of ether oxygens (including phenoxy) is 2. The molecular formula is C19H19N3O7. The van der Waals surface area contributed by atoms with Gasteiger partial charge in [-0.05, 0) is 24.3 Å². The first-order valence-corrected chi connectivity index (χ1v) is 8.50. The first-order valence-electron chi connectivity index (χ1n) is 8.50. The van der Waals surface area contributed by atoms with Gasteiger partial charge in [-0.15, -0.1) is 0 Å². The lowest BCUT2D eigenvalue weighted by atomic mass is 10.1. The van der Waals surface area contributed by atoms with Crippen LogP contribution in [0.15, 0.2) is 48.5 Å². The number of esters is 1. The summed E-state index contributed by atoms with van der Waals surface area (Å²) in [6, 6.07) is 11.8. The van der Waals surface area contributed by atoms with Crippen LogP contribution >= 0.6 is 0 Å². The van der Waals surface area contributed by atoms with Gasteiger partial charge in [0.1, 0.15) is 5.69 Å². The summed E-state index contributed by atoms with van der Waals surface area (Å²) in [4.78, 5) is 46.4. The third-order valence-electron chi connectivity index (χ3n) is 3.68. The van der Waals surface area contributed by atoms with Crippen molar-refractivity contribution in [3.05, 3.63) is 69.8 Å². The molecule has 2 rings (SSSR count). The van der Waals surface area contributed by atoms with Crippen molar-refractivity contribution in [2.45, 2.75) is 0 Å². The highest BCUT2D eigenvalue weighted by molar-refractivity contribution is 6.05. The van der Waals surface area contributed by atoms with Crippen LogP contribution in [0.25, 0.3) is 0 Å². The second kappa shape index (κ2) is 10.5. The second-order valence-corrected chi connectivity index (χ2v) is 5.73. The molecule has 29 heavy (non-hydrogen) atoms. The van der Waals surface area contributed by atoms with Gasteiger partial charge in [0.25, 0.3) is 17.5 Å². The van der Waals surface area contributed by atoms with E-state index in [1.165, 1.54) is 31.4 Å². The van der Waals surface area contributed by atoms with Crippen LogP contribution in [0.3, 0.4) is 0 Å². The average molecular weight is 401 g/mol. The molecular weight excluding hydrogens is 382 g/mol. The third-order valence-corrected chi connectivity index (χ3v) is 3.68. The number of benzene rings is 2. The molecule has 0 aliphatic heterocycles. The van der Waals surface area contributed by atoms with Gasteiger partial charge in [-0.3, -0.25) is 25.0 Å². The van der Waals surface area contributed by atoms with Crippen molar-refractivity contribution in [2.24, 2.45) is 0 Å². The van der Waals surface area contributed by atoms with Crippen molar-refractivity contribution in [1.82, 2.24) is 5.32 Å². The lowest BCUT2D eigenvalue weighted by Crippen LogP contribution is -2.34. The number of nitro groups is 1. The number of hydrogen-bond acceptors (Lipinski definition) is 8. The van der Waals surface area contributed by atoms with E-state index in [0.717, 1.165) is 6.07 Å². The maximum absolute atomic E-state index is 12.1. The number of anilines is 1. The summed E-state index contributed by atoms with van der Waals surface area (Å²) in [5.41, 5.74) is 0.0737. The summed E-state index contributed by atoms with van der Waals surface area (Å²) >= 11 is 0. The molecule has 2 amide bonds. The molecule has 0 saturated carbocycles. The Balaban J connectivity index is 1.95. The molecule has 0 heterocycles. The molecule has 0 saturated heterocycles. The lowest BCUT2D eigenvalue weighted by molar-refractivity contribution is -0.384. The van der Waals surface area contributed by atoms with Gasteiger partial charge in [-0.25, -0.2) is 4.79 Å². The highest BCUT2D eigenvalue weighted by atomic mass is 16.6. The number of carbonyl (C=O) groups is 3. The predicted molar refractivity (Wildman–Crippen MR) is 103 cm³/mol. The maximum Gasteiger partial charge on any atom is 0.338 e. The lowest BCUT2D eigenvalue weighted by Gasteiger charge is -2.09. The third kappa shape index (κ3) is 6.40. The van der Waals surface area contributed by atoms with E-state index in [1.807, 2.05) is 0 Å². The summed E-state index contributed by atoms with van der Waals surface area (Å²) in [5.74, 6) is -2.38. The largest absolute Gasteiger partial charge is 0.452 e. The fourth-order valence-corrected chi connectivity index (χ4v) is 2.29. The zero-order chi connectivity index (χ0) is 21.2. The van der Waals surface area contributed by atoms with Gasteiger partial charge in [0, 0.05) is 25.3 Å². The molecule has 0 unspecified atom stereocenters. The summed E-state index contributed by atoms with van der Waals surface area (Å²) < 4.78 is 9.70. The fourth-order valence-electron chi connectivity index (χ4n) is 2.29. The minimum Gasteiger partial charge on any atom is -0.452 e. The van der Waals surface area contributed by atoms with E-state index in [9.17, 15) is 24.5 Å². The van der Waals surface area contributed by atoms with Crippen molar-refractivity contribution < 1.29 is 28.8 Å². The molecule has 0 atom stereocenters. The van der Waals surface area contributed by atoms with E-state index in [0.29, 0.717) is 13.2 Å². The van der Waals surface area contributed by atoms with E-state index < -0.39 is 29.3 Å². The topological polar surface area (TPSA) is 137 Å². The number of imide groups is 1. The van der Waals surface area contributed by atoms with E-state index in [-0.39, 0.29) is 22.5 Å². The van der Waals surface area contributed by atoms with Crippen LogP contribution in [-0.4, -0.2) is 49.6 Å². The van der Waals surface area contributed by atoms with Crippen molar-refractivity contribution in [3.8, 4) is 0 Å². The molecule has 0 aliphatic rings. The Bertz CT molecular complexity index is 900. The SMILES string of the molecule is COCCNc1ccc(C(=O)OCC(=O)NC(=O)c2ccccc2)cc1[N+](=O)[O-]. The summed E-state index contributed by atoms with van der Waals surface area (Å²) in [6.07, 6.45) is 0. The maximum atomic E-state index is 12.1. The summed E-state index contributed by atoms with van der Waals surface area (Å²) in [7, 11) is 1.50. The number of nitrogens with one attached hydrogen (secondary N) is 2. The van der Waals surface area contributed by atoms with Crippen molar-refractivity contribution in [2.75, 3.05) is 32.2 Å². The van der Waals surface area contributed by atoms with Crippen LogP contribution in [-0.2, 0) is 14.3 Å². The molecule has 10 heteroatoms. The van der Waals surface area contributed by atoms with Gasteiger partial charge < -0.3 is 14.8 Å². The zero-order valence-electron chi connectivity index (χ0n) is 15.5. The minimum atomic E-state index is -0.932. The van der Waals surface area contributed by atoms with Gasteiger partial charge in [0.15, 0.2) is 6.61 Å². The van der Waals surface area contributed by atoms with Gasteiger partial charge in [0.05, 0.1) is 17.1 Å².